The fourth-order valence-corrected chi connectivity index (χ4v) is 2.66. The number of hydrogen-bond donors (Lipinski definition) is 1. The molecule has 0 bridgehead atoms. The molecule has 0 aliphatic rings. The van der Waals surface area contributed by atoms with Crippen molar-refractivity contribution in [2.24, 2.45) is 11.7 Å². The highest BCUT2D eigenvalue weighted by molar-refractivity contribution is 5.26. The number of hydrogen-bond acceptors (Lipinski definition) is 3. The van der Waals surface area contributed by atoms with Gasteiger partial charge >= 0.3 is 0 Å². The molecule has 2 rings (SSSR count). The van der Waals surface area contributed by atoms with Gasteiger partial charge < -0.3 is 15.2 Å². The lowest BCUT2D eigenvalue weighted by molar-refractivity contribution is 0.264. The number of rotatable bonds is 6. The van der Waals surface area contributed by atoms with Gasteiger partial charge in [0.15, 0.2) is 0 Å². The van der Waals surface area contributed by atoms with E-state index in [1.807, 2.05) is 30.7 Å². The Kier molecular flexibility index (Phi) is 5.15. The van der Waals surface area contributed by atoms with Crippen LogP contribution in [0.25, 0.3) is 0 Å². The second kappa shape index (κ2) is 6.87. The summed E-state index contributed by atoms with van der Waals surface area (Å²) in [5, 5.41) is 0. The smallest absolute Gasteiger partial charge is 0.0951 e. The van der Waals surface area contributed by atoms with Gasteiger partial charge in [-0.15, -0.1) is 0 Å². The molecular weight excluding hydrogens is 260 g/mol. The van der Waals surface area contributed by atoms with Crippen LogP contribution in [0.4, 0.5) is 0 Å². The first-order chi connectivity index (χ1) is 10.0. The van der Waals surface area contributed by atoms with Gasteiger partial charge in [-0.25, -0.2) is 4.98 Å². The lowest BCUT2D eigenvalue weighted by atomic mass is 10.0. The Morgan fingerprint density at radius 1 is 1.19 bits per heavy atom. The largest absolute Gasteiger partial charge is 0.328 e. The zero-order valence-corrected chi connectivity index (χ0v) is 13.4. The highest BCUT2D eigenvalue weighted by atomic mass is 15.2. The summed E-state index contributed by atoms with van der Waals surface area (Å²) in [6.45, 7) is 5.46. The Labute approximate surface area is 127 Å². The monoisotopic (exact) mass is 286 g/mol. The van der Waals surface area contributed by atoms with Crippen LogP contribution in [0.3, 0.4) is 0 Å². The van der Waals surface area contributed by atoms with E-state index in [1.54, 1.807) is 0 Å². The van der Waals surface area contributed by atoms with Crippen molar-refractivity contribution < 1.29 is 0 Å². The third kappa shape index (κ3) is 3.71. The first-order valence-corrected chi connectivity index (χ1v) is 7.47. The second-order valence-corrected chi connectivity index (χ2v) is 6.19. The average molecular weight is 286 g/mol. The highest BCUT2D eigenvalue weighted by Gasteiger charge is 2.22. The van der Waals surface area contributed by atoms with Crippen molar-refractivity contribution >= 4 is 0 Å². The summed E-state index contributed by atoms with van der Waals surface area (Å²) in [6, 6.07) is 10.4. The van der Waals surface area contributed by atoms with Gasteiger partial charge in [0.2, 0.25) is 0 Å². The molecule has 2 N–H and O–H groups in total. The van der Waals surface area contributed by atoms with Gasteiger partial charge in [0, 0.05) is 12.6 Å². The quantitative estimate of drug-likeness (QED) is 0.888. The van der Waals surface area contributed by atoms with E-state index >= 15 is 0 Å². The summed E-state index contributed by atoms with van der Waals surface area (Å²) in [4.78, 5) is 6.55. The fraction of sp³-hybridized carbons (Fsp3) is 0.471. The number of imidazole rings is 1. The molecule has 0 spiro atoms. The highest BCUT2D eigenvalue weighted by Crippen LogP contribution is 2.26. The van der Waals surface area contributed by atoms with Crippen molar-refractivity contribution in [3.05, 3.63) is 54.1 Å². The number of aromatic nitrogens is 2. The maximum absolute atomic E-state index is 6.46. The van der Waals surface area contributed by atoms with Gasteiger partial charge in [-0.1, -0.05) is 44.2 Å². The SMILES string of the molecule is CC(C)C(CN(C)C)n1cncc1C(N)c1ccccc1. The molecule has 2 aromatic rings. The third-order valence-electron chi connectivity index (χ3n) is 3.85. The maximum Gasteiger partial charge on any atom is 0.0951 e. The van der Waals surface area contributed by atoms with E-state index in [9.17, 15) is 0 Å². The standard InChI is InChI=1S/C17H26N4/c1-13(2)16(11-20(3)4)21-12-19-10-15(21)17(18)14-8-6-5-7-9-14/h5-10,12-13,16-17H,11,18H2,1-4H3. The van der Waals surface area contributed by atoms with Crippen molar-refractivity contribution in [2.75, 3.05) is 20.6 Å². The van der Waals surface area contributed by atoms with Crippen molar-refractivity contribution in [1.29, 1.82) is 0 Å². The summed E-state index contributed by atoms with van der Waals surface area (Å²) in [5.74, 6) is 0.517. The molecule has 4 heteroatoms. The minimum absolute atomic E-state index is 0.142. The molecule has 0 saturated carbocycles. The van der Waals surface area contributed by atoms with Crippen LogP contribution in [0.5, 0.6) is 0 Å². The predicted molar refractivity (Wildman–Crippen MR) is 87.1 cm³/mol. The average Bonchev–Trinajstić information content (AvgIpc) is 2.93. The molecular formula is C17H26N4. The first kappa shape index (κ1) is 15.7. The number of nitrogens with two attached hydrogens (primary N) is 1. The van der Waals surface area contributed by atoms with Gasteiger partial charge in [0.1, 0.15) is 0 Å². The van der Waals surface area contributed by atoms with Crippen molar-refractivity contribution in [3.8, 4) is 0 Å². The lowest BCUT2D eigenvalue weighted by Gasteiger charge is -2.29. The third-order valence-corrected chi connectivity index (χ3v) is 3.85. The zero-order valence-electron chi connectivity index (χ0n) is 13.4. The first-order valence-electron chi connectivity index (χ1n) is 7.47. The Balaban J connectivity index is 2.32. The van der Waals surface area contributed by atoms with Crippen molar-refractivity contribution in [2.45, 2.75) is 25.9 Å². The van der Waals surface area contributed by atoms with E-state index in [-0.39, 0.29) is 6.04 Å². The molecule has 0 amide bonds. The summed E-state index contributed by atoms with van der Waals surface area (Å²) >= 11 is 0. The van der Waals surface area contributed by atoms with E-state index in [0.717, 1.165) is 17.8 Å². The Hall–Kier alpha value is -1.65. The Bertz CT molecular complexity index is 545. The van der Waals surface area contributed by atoms with Gasteiger partial charge in [0.05, 0.1) is 24.3 Å². The summed E-state index contributed by atoms with van der Waals surface area (Å²) < 4.78 is 2.24. The van der Waals surface area contributed by atoms with E-state index in [0.29, 0.717) is 12.0 Å². The molecule has 21 heavy (non-hydrogen) atoms. The molecule has 0 aliphatic carbocycles. The van der Waals surface area contributed by atoms with Gasteiger partial charge in [-0.2, -0.15) is 0 Å². The zero-order chi connectivity index (χ0) is 15.4. The van der Waals surface area contributed by atoms with E-state index < -0.39 is 0 Å². The normalized spacial score (nSPS) is 14.6. The van der Waals surface area contributed by atoms with Crippen LogP contribution in [-0.2, 0) is 0 Å². The topological polar surface area (TPSA) is 47.1 Å². The molecule has 4 nitrogen and oxygen atoms in total. The maximum atomic E-state index is 6.46. The van der Waals surface area contributed by atoms with E-state index in [4.69, 9.17) is 5.73 Å². The lowest BCUT2D eigenvalue weighted by Crippen LogP contribution is -2.30. The van der Waals surface area contributed by atoms with E-state index in [2.05, 4.69) is 54.5 Å². The van der Waals surface area contributed by atoms with Crippen LogP contribution in [0.1, 0.15) is 37.2 Å². The summed E-state index contributed by atoms with van der Waals surface area (Å²) in [5.41, 5.74) is 8.64. The molecule has 0 fully saturated rings. The minimum atomic E-state index is -0.142. The van der Waals surface area contributed by atoms with Crippen LogP contribution in [0.2, 0.25) is 0 Å². The van der Waals surface area contributed by atoms with Gasteiger partial charge in [-0.3, -0.25) is 0 Å². The molecule has 0 radical (unpaired) electrons. The number of benzene rings is 1. The summed E-state index contributed by atoms with van der Waals surface area (Å²) in [6.07, 6.45) is 3.80. The molecule has 1 aromatic carbocycles. The van der Waals surface area contributed by atoms with Crippen LogP contribution in [0.15, 0.2) is 42.9 Å². The molecule has 1 heterocycles. The van der Waals surface area contributed by atoms with Crippen LogP contribution >= 0.6 is 0 Å². The minimum Gasteiger partial charge on any atom is -0.328 e. The van der Waals surface area contributed by atoms with Crippen LogP contribution < -0.4 is 5.73 Å². The van der Waals surface area contributed by atoms with Crippen molar-refractivity contribution in [3.63, 3.8) is 0 Å². The molecule has 114 valence electrons. The van der Waals surface area contributed by atoms with Crippen LogP contribution in [0, 0.1) is 5.92 Å². The van der Waals surface area contributed by atoms with Gasteiger partial charge in [0.25, 0.3) is 0 Å². The fourth-order valence-electron chi connectivity index (χ4n) is 2.66. The molecule has 2 atom stereocenters. The van der Waals surface area contributed by atoms with Crippen LogP contribution in [-0.4, -0.2) is 35.1 Å². The predicted octanol–water partition coefficient (Wildman–Crippen LogP) is 2.69. The second-order valence-electron chi connectivity index (χ2n) is 6.19. The Morgan fingerprint density at radius 2 is 1.86 bits per heavy atom. The molecule has 0 aliphatic heterocycles. The van der Waals surface area contributed by atoms with Crippen molar-refractivity contribution in [1.82, 2.24) is 14.5 Å². The Morgan fingerprint density at radius 3 is 2.43 bits per heavy atom. The molecule has 1 aromatic heterocycles. The molecule has 0 saturated heterocycles. The van der Waals surface area contributed by atoms with E-state index in [1.165, 1.54) is 0 Å². The van der Waals surface area contributed by atoms with Gasteiger partial charge in [-0.05, 0) is 25.6 Å². The molecule has 2 unspecified atom stereocenters. The summed E-state index contributed by atoms with van der Waals surface area (Å²) in [7, 11) is 4.20. The number of nitrogens with zero attached hydrogens (tertiary/aromatic N) is 3. The number of likely N-dealkylation sites (N-methyl/N-ethyl adjacent to an activating group) is 1.